The second kappa shape index (κ2) is 14.7. The molecule has 0 radical (unpaired) electrons. The summed E-state index contributed by atoms with van der Waals surface area (Å²) in [5.41, 5.74) is 16.1. The van der Waals surface area contributed by atoms with E-state index in [-0.39, 0.29) is 11.8 Å². The fourth-order valence-corrected chi connectivity index (χ4v) is 8.62. The first kappa shape index (κ1) is 36.7. The van der Waals surface area contributed by atoms with Crippen molar-refractivity contribution in [1.29, 1.82) is 0 Å². The van der Waals surface area contributed by atoms with Crippen molar-refractivity contribution in [1.82, 2.24) is 69.7 Å². The number of nitrogens with zero attached hydrogens (tertiary/aromatic N) is 13. The highest BCUT2D eigenvalue weighted by Gasteiger charge is 2.33. The highest BCUT2D eigenvalue weighted by atomic mass is 16.2. The molecule has 1 N–H and O–H groups in total. The topological polar surface area (TPSA) is 172 Å². The van der Waals surface area contributed by atoms with Crippen LogP contribution in [0.15, 0.2) is 49.1 Å². The summed E-state index contributed by atoms with van der Waals surface area (Å²) in [5, 5.41) is 39.7. The third-order valence-corrected chi connectivity index (χ3v) is 11.8. The summed E-state index contributed by atoms with van der Waals surface area (Å²) in [6.45, 7) is 4.31. The molecule has 300 valence electrons. The van der Waals surface area contributed by atoms with Crippen molar-refractivity contribution in [3.8, 4) is 22.5 Å². The molecule has 16 nitrogen and oxygen atoms in total. The molecule has 0 atom stereocenters. The van der Waals surface area contributed by atoms with Gasteiger partial charge in [-0.05, 0) is 55.9 Å². The molecule has 1 fully saturated rings. The molecule has 2 aliphatic heterocycles. The second-order valence-electron chi connectivity index (χ2n) is 16.2. The fourth-order valence-electron chi connectivity index (χ4n) is 8.62. The van der Waals surface area contributed by atoms with Gasteiger partial charge in [-0.2, -0.15) is 40.8 Å². The van der Waals surface area contributed by atoms with Crippen molar-refractivity contribution < 1.29 is 9.59 Å². The quantitative estimate of drug-likeness (QED) is 0.251. The SMILES string of the molecule is CN1Cc2nn(C)cc2-c2cc3c(nn2)CC=C3c2cn(nc2C2CC2)CCCC1=O.Cc1nn2cc1C1=CCc3nnc(cc31)-c1cn(C)nc1CNC(=O)CCC2. The Labute approximate surface area is 341 Å². The summed E-state index contributed by atoms with van der Waals surface area (Å²) >= 11 is 0. The first-order chi connectivity index (χ1) is 28.6. The molecule has 0 saturated heterocycles. The van der Waals surface area contributed by atoms with Crippen LogP contribution in [0.25, 0.3) is 33.7 Å². The normalized spacial score (nSPS) is 17.3. The highest BCUT2D eigenvalue weighted by molar-refractivity contribution is 5.87. The number of nitrogens with one attached hydrogen (secondary N) is 1. The van der Waals surface area contributed by atoms with Crippen molar-refractivity contribution in [2.45, 2.75) is 90.4 Å². The van der Waals surface area contributed by atoms with Gasteiger partial charge in [0.25, 0.3) is 0 Å². The Bertz CT molecular complexity index is 2720. The lowest BCUT2D eigenvalue weighted by Gasteiger charge is -2.17. The lowest BCUT2D eigenvalue weighted by Crippen LogP contribution is -2.26. The van der Waals surface area contributed by atoms with Gasteiger partial charge in [-0.25, -0.2) is 0 Å². The summed E-state index contributed by atoms with van der Waals surface area (Å²) in [4.78, 5) is 26.7. The fraction of sp³-hybridized carbons (Fsp3) is 0.395. The van der Waals surface area contributed by atoms with Crippen molar-refractivity contribution in [3.05, 3.63) is 105 Å². The van der Waals surface area contributed by atoms with Gasteiger partial charge >= 0.3 is 0 Å². The first-order valence-corrected chi connectivity index (χ1v) is 20.5. The minimum Gasteiger partial charge on any atom is -0.350 e. The minimum absolute atomic E-state index is 0.0133. The zero-order valence-electron chi connectivity index (χ0n) is 33.8. The van der Waals surface area contributed by atoms with Crippen LogP contribution >= 0.6 is 0 Å². The molecule has 6 aromatic rings. The van der Waals surface area contributed by atoms with Gasteiger partial charge < -0.3 is 10.2 Å². The van der Waals surface area contributed by atoms with Crippen molar-refractivity contribution >= 4 is 23.0 Å². The van der Waals surface area contributed by atoms with E-state index in [4.69, 9.17) is 5.10 Å². The molecule has 0 aromatic carbocycles. The number of amides is 2. The second-order valence-corrected chi connectivity index (χ2v) is 16.2. The zero-order valence-corrected chi connectivity index (χ0v) is 33.8. The van der Waals surface area contributed by atoms with Gasteiger partial charge in [0, 0.05) is 124 Å². The molecule has 11 rings (SSSR count). The van der Waals surface area contributed by atoms with Crippen LogP contribution in [0, 0.1) is 6.92 Å². The number of fused-ring (bicyclic) bond motifs is 12. The Kier molecular flexibility index (Phi) is 9.13. The summed E-state index contributed by atoms with van der Waals surface area (Å²) in [5.74, 6) is 0.677. The Morgan fingerprint density at radius 3 is 1.90 bits per heavy atom. The Morgan fingerprint density at radius 1 is 0.627 bits per heavy atom. The molecule has 5 aliphatic rings. The van der Waals surface area contributed by atoms with Crippen LogP contribution in [-0.4, -0.2) is 83.3 Å². The van der Waals surface area contributed by atoms with Gasteiger partial charge in [-0.1, -0.05) is 12.2 Å². The molecule has 59 heavy (non-hydrogen) atoms. The van der Waals surface area contributed by atoms with Gasteiger partial charge in [0.05, 0.1) is 58.6 Å². The van der Waals surface area contributed by atoms with Crippen LogP contribution in [0.3, 0.4) is 0 Å². The van der Waals surface area contributed by atoms with Crippen molar-refractivity contribution in [2.75, 3.05) is 7.05 Å². The predicted octanol–water partition coefficient (Wildman–Crippen LogP) is 4.47. The van der Waals surface area contributed by atoms with E-state index in [1.807, 2.05) is 49.8 Å². The summed E-state index contributed by atoms with van der Waals surface area (Å²) in [6, 6.07) is 4.22. The number of hydrogen-bond acceptors (Lipinski definition) is 10. The number of carbonyl (C=O) groups excluding carboxylic acids is 2. The van der Waals surface area contributed by atoms with Crippen LogP contribution in [0.2, 0.25) is 0 Å². The minimum atomic E-state index is 0.0133. The molecule has 0 unspecified atom stereocenters. The van der Waals surface area contributed by atoms with E-state index in [2.05, 4.69) is 77.7 Å². The van der Waals surface area contributed by atoms with E-state index in [1.165, 1.54) is 29.7 Å². The van der Waals surface area contributed by atoms with E-state index in [1.54, 1.807) is 14.3 Å². The van der Waals surface area contributed by atoms with Gasteiger partial charge in [0.1, 0.15) is 0 Å². The van der Waals surface area contributed by atoms with Crippen LogP contribution in [0.5, 0.6) is 0 Å². The molecule has 6 aromatic heterocycles. The molecule has 0 spiro atoms. The highest BCUT2D eigenvalue weighted by Crippen LogP contribution is 2.45. The molecule has 2 amide bonds. The van der Waals surface area contributed by atoms with Gasteiger partial charge in [-0.3, -0.25) is 28.3 Å². The lowest BCUT2D eigenvalue weighted by atomic mass is 9.99. The van der Waals surface area contributed by atoms with Gasteiger partial charge in [-0.15, -0.1) is 0 Å². The summed E-state index contributed by atoms with van der Waals surface area (Å²) < 4.78 is 7.50. The van der Waals surface area contributed by atoms with Crippen LogP contribution < -0.4 is 5.32 Å². The van der Waals surface area contributed by atoms with E-state index in [0.717, 1.165) is 105 Å². The number of rotatable bonds is 1. The molecule has 3 aliphatic carbocycles. The average Bonchev–Trinajstić information content (AvgIpc) is 3.73. The van der Waals surface area contributed by atoms with Crippen molar-refractivity contribution in [2.24, 2.45) is 14.1 Å². The van der Waals surface area contributed by atoms with Crippen molar-refractivity contribution in [3.63, 3.8) is 0 Å². The summed E-state index contributed by atoms with van der Waals surface area (Å²) in [7, 11) is 5.61. The number of hydrogen-bond donors (Lipinski definition) is 1. The maximum Gasteiger partial charge on any atom is 0.222 e. The van der Waals surface area contributed by atoms with Crippen LogP contribution in [0.4, 0.5) is 0 Å². The largest absolute Gasteiger partial charge is 0.350 e. The molecule has 1 saturated carbocycles. The maximum absolute atomic E-state index is 12.7. The lowest BCUT2D eigenvalue weighted by molar-refractivity contribution is -0.130. The number of carbonyl (C=O) groups is 2. The van der Waals surface area contributed by atoms with Crippen LogP contribution in [0.1, 0.15) is 101 Å². The molecule has 8 heterocycles. The molecular weight excluding hydrogens is 745 g/mol. The summed E-state index contributed by atoms with van der Waals surface area (Å²) in [6.07, 6.45) is 19.0. The number of aryl methyl sites for hydroxylation is 5. The maximum atomic E-state index is 12.7. The average molecular weight is 791 g/mol. The Morgan fingerprint density at radius 2 is 1.22 bits per heavy atom. The zero-order chi connectivity index (χ0) is 40.4. The molecular formula is C43H46N14O2. The van der Waals surface area contributed by atoms with Gasteiger partial charge in [0.15, 0.2) is 0 Å². The third-order valence-electron chi connectivity index (χ3n) is 11.8. The van der Waals surface area contributed by atoms with E-state index in [9.17, 15) is 9.59 Å². The smallest absolute Gasteiger partial charge is 0.222 e. The Balaban J connectivity index is 0.000000143. The van der Waals surface area contributed by atoms with Gasteiger partial charge in [0.2, 0.25) is 11.8 Å². The Hall–Kier alpha value is -6.58. The number of allylic oxidation sites excluding steroid dienone is 2. The molecule has 16 heteroatoms. The van der Waals surface area contributed by atoms with E-state index < -0.39 is 0 Å². The standard InChI is InChI=1S/C23H25N7O.C20H21N7O/c1-28-13-21-18(11-29(2)26-21)20-10-16-15(7-8-19(16)24-25-20)17-12-30(9-3-4-22(28)31)27-23(17)14-5-6-14;1-12-15-11-27(24-12)7-3-4-20(28)21-9-19-16(10-26(2)25-19)18-8-14-13(15)5-6-17(14)22-23-18/h7,10-12,14H,3-6,8-9,13H2,1-2H3;5,8,10-11H,3-4,6-7,9H2,1-2H3,(H,21,28). The molecule has 8 bridgehead atoms. The van der Waals surface area contributed by atoms with E-state index in [0.29, 0.717) is 38.4 Å². The third kappa shape index (κ3) is 7.05. The monoisotopic (exact) mass is 790 g/mol. The number of aromatic nitrogens is 12. The van der Waals surface area contributed by atoms with Crippen LogP contribution in [-0.2, 0) is 62.7 Å². The van der Waals surface area contributed by atoms with E-state index >= 15 is 0 Å². The first-order valence-electron chi connectivity index (χ1n) is 20.5. The predicted molar refractivity (Wildman–Crippen MR) is 218 cm³/mol.